The van der Waals surface area contributed by atoms with Crippen LogP contribution >= 0.6 is 0 Å². The molecule has 2 aromatic rings. The average Bonchev–Trinajstić information content (AvgIpc) is 3.17. The highest BCUT2D eigenvalue weighted by Gasteiger charge is 2.28. The second kappa shape index (κ2) is 5.19. The van der Waals surface area contributed by atoms with Crippen molar-refractivity contribution < 1.29 is 9.32 Å². The highest BCUT2D eigenvalue weighted by atomic mass is 16.5. The predicted octanol–water partition coefficient (Wildman–Crippen LogP) is 3.20. The van der Waals surface area contributed by atoms with Gasteiger partial charge >= 0.3 is 0 Å². The minimum Gasteiger partial charge on any atom is -0.338 e. The molecule has 0 spiro atoms. The lowest BCUT2D eigenvalue weighted by Gasteiger charge is -2.12. The molecular formula is C16H20N4O2. The third-order valence-corrected chi connectivity index (χ3v) is 3.56. The first kappa shape index (κ1) is 14.7. The number of hydrogen-bond acceptors (Lipinski definition) is 5. The van der Waals surface area contributed by atoms with Crippen molar-refractivity contribution in [1.29, 1.82) is 0 Å². The van der Waals surface area contributed by atoms with Crippen LogP contribution in [0.25, 0.3) is 0 Å². The standard InChI is InChI=1S/C16H20N4O2/c1-9-7-11(18-14(17-9)10-5-6-10)15(21)19-13-8-12(20-22-13)16(2,3)4/h7-8,10H,5-6H2,1-4H3,(H,19,21). The molecule has 6 nitrogen and oxygen atoms in total. The first-order chi connectivity index (χ1) is 10.3. The summed E-state index contributed by atoms with van der Waals surface area (Å²) >= 11 is 0. The first-order valence-electron chi connectivity index (χ1n) is 7.47. The van der Waals surface area contributed by atoms with Gasteiger partial charge in [0.25, 0.3) is 5.91 Å². The molecule has 0 aromatic carbocycles. The number of hydrogen-bond donors (Lipinski definition) is 1. The summed E-state index contributed by atoms with van der Waals surface area (Å²) < 4.78 is 5.18. The molecule has 3 rings (SSSR count). The summed E-state index contributed by atoms with van der Waals surface area (Å²) in [5.41, 5.74) is 1.83. The Labute approximate surface area is 129 Å². The molecule has 0 bridgehead atoms. The van der Waals surface area contributed by atoms with Crippen LogP contribution in [0.2, 0.25) is 0 Å². The molecule has 0 atom stereocenters. The number of aromatic nitrogens is 3. The van der Waals surface area contributed by atoms with Gasteiger partial charge in [-0.1, -0.05) is 25.9 Å². The van der Waals surface area contributed by atoms with Crippen molar-refractivity contribution in [3.05, 3.63) is 35.0 Å². The van der Waals surface area contributed by atoms with E-state index in [1.54, 1.807) is 12.1 Å². The lowest BCUT2D eigenvalue weighted by molar-refractivity contribution is 0.101. The molecule has 2 heterocycles. The van der Waals surface area contributed by atoms with Gasteiger partial charge < -0.3 is 4.52 Å². The van der Waals surface area contributed by atoms with Crippen LogP contribution in [0.4, 0.5) is 5.88 Å². The number of carbonyl (C=O) groups excluding carboxylic acids is 1. The van der Waals surface area contributed by atoms with Gasteiger partial charge in [-0.25, -0.2) is 9.97 Å². The monoisotopic (exact) mass is 300 g/mol. The molecule has 2 aromatic heterocycles. The maximum atomic E-state index is 12.3. The van der Waals surface area contributed by atoms with Gasteiger partial charge in [0.1, 0.15) is 11.5 Å². The van der Waals surface area contributed by atoms with Gasteiger partial charge in [0.2, 0.25) is 5.88 Å². The molecule has 1 fully saturated rings. The number of amides is 1. The normalized spacial score (nSPS) is 14.9. The largest absolute Gasteiger partial charge is 0.338 e. The Bertz CT molecular complexity index is 711. The molecule has 0 radical (unpaired) electrons. The Morgan fingerprint density at radius 3 is 2.59 bits per heavy atom. The number of nitrogens with one attached hydrogen (secondary N) is 1. The third-order valence-electron chi connectivity index (χ3n) is 3.56. The van der Waals surface area contributed by atoms with Crippen molar-refractivity contribution >= 4 is 11.8 Å². The molecule has 116 valence electrons. The summed E-state index contributed by atoms with van der Waals surface area (Å²) in [7, 11) is 0. The number of nitrogens with zero attached hydrogens (tertiary/aromatic N) is 3. The van der Waals surface area contributed by atoms with Crippen LogP contribution in [0.1, 0.15) is 67.2 Å². The van der Waals surface area contributed by atoms with E-state index in [0.29, 0.717) is 17.5 Å². The van der Waals surface area contributed by atoms with E-state index in [-0.39, 0.29) is 11.3 Å². The summed E-state index contributed by atoms with van der Waals surface area (Å²) in [6.07, 6.45) is 2.20. The zero-order chi connectivity index (χ0) is 15.9. The van der Waals surface area contributed by atoms with Crippen molar-refractivity contribution in [2.24, 2.45) is 0 Å². The lowest BCUT2D eigenvalue weighted by Crippen LogP contribution is -2.15. The highest BCUT2D eigenvalue weighted by molar-refractivity contribution is 6.02. The SMILES string of the molecule is Cc1cc(C(=O)Nc2cc(C(C)(C)C)no2)nc(C2CC2)n1. The predicted molar refractivity (Wildman–Crippen MR) is 81.9 cm³/mol. The van der Waals surface area contributed by atoms with Gasteiger partial charge in [-0.15, -0.1) is 0 Å². The average molecular weight is 300 g/mol. The number of anilines is 1. The minimum atomic E-state index is -0.302. The van der Waals surface area contributed by atoms with Crippen molar-refractivity contribution in [1.82, 2.24) is 15.1 Å². The van der Waals surface area contributed by atoms with Crippen molar-refractivity contribution in [2.75, 3.05) is 5.32 Å². The van der Waals surface area contributed by atoms with Gasteiger partial charge in [0, 0.05) is 23.1 Å². The molecule has 1 amide bonds. The van der Waals surface area contributed by atoms with E-state index in [0.717, 1.165) is 30.1 Å². The highest BCUT2D eigenvalue weighted by Crippen LogP contribution is 2.38. The van der Waals surface area contributed by atoms with E-state index >= 15 is 0 Å². The van der Waals surface area contributed by atoms with Gasteiger partial charge in [-0.2, -0.15) is 0 Å². The number of rotatable bonds is 3. The van der Waals surface area contributed by atoms with Crippen LogP contribution in [-0.2, 0) is 5.41 Å². The molecule has 22 heavy (non-hydrogen) atoms. The van der Waals surface area contributed by atoms with E-state index in [1.165, 1.54) is 0 Å². The molecule has 1 aliphatic carbocycles. The second-order valence-electron chi connectivity index (χ2n) is 6.81. The van der Waals surface area contributed by atoms with Crippen molar-refractivity contribution in [3.63, 3.8) is 0 Å². The van der Waals surface area contributed by atoms with E-state index < -0.39 is 0 Å². The summed E-state index contributed by atoms with van der Waals surface area (Å²) in [5, 5.41) is 6.69. The third kappa shape index (κ3) is 3.16. The Kier molecular flexibility index (Phi) is 3.47. The van der Waals surface area contributed by atoms with E-state index in [2.05, 4.69) is 20.4 Å². The van der Waals surface area contributed by atoms with Crippen LogP contribution < -0.4 is 5.32 Å². The molecule has 0 aliphatic heterocycles. The molecule has 6 heteroatoms. The summed E-state index contributed by atoms with van der Waals surface area (Å²) in [5.74, 6) is 1.20. The van der Waals surface area contributed by atoms with Crippen LogP contribution in [-0.4, -0.2) is 21.0 Å². The maximum Gasteiger partial charge on any atom is 0.276 e. The van der Waals surface area contributed by atoms with Crippen molar-refractivity contribution in [2.45, 2.75) is 51.9 Å². The molecule has 0 unspecified atom stereocenters. The molecule has 1 aliphatic rings. The van der Waals surface area contributed by atoms with Gasteiger partial charge in [0.15, 0.2) is 0 Å². The van der Waals surface area contributed by atoms with E-state index in [9.17, 15) is 4.79 Å². The lowest BCUT2D eigenvalue weighted by atomic mass is 9.92. The first-order valence-corrected chi connectivity index (χ1v) is 7.47. The zero-order valence-corrected chi connectivity index (χ0v) is 13.3. The molecule has 1 saturated carbocycles. The summed E-state index contributed by atoms with van der Waals surface area (Å²) in [6, 6.07) is 3.43. The van der Waals surface area contributed by atoms with Crippen LogP contribution in [0, 0.1) is 6.92 Å². The second-order valence-corrected chi connectivity index (χ2v) is 6.81. The van der Waals surface area contributed by atoms with Gasteiger partial charge in [-0.3, -0.25) is 10.1 Å². The van der Waals surface area contributed by atoms with Gasteiger partial charge in [0.05, 0.1) is 5.69 Å². The van der Waals surface area contributed by atoms with Gasteiger partial charge in [-0.05, 0) is 25.8 Å². The quantitative estimate of drug-likeness (QED) is 0.941. The Morgan fingerprint density at radius 1 is 1.27 bits per heavy atom. The van der Waals surface area contributed by atoms with Crippen LogP contribution in [0.5, 0.6) is 0 Å². The fraction of sp³-hybridized carbons (Fsp3) is 0.500. The van der Waals surface area contributed by atoms with Crippen LogP contribution in [0.3, 0.4) is 0 Å². The maximum absolute atomic E-state index is 12.3. The molecule has 0 saturated heterocycles. The smallest absolute Gasteiger partial charge is 0.276 e. The fourth-order valence-corrected chi connectivity index (χ4v) is 2.10. The van der Waals surface area contributed by atoms with E-state index in [4.69, 9.17) is 4.52 Å². The molecule has 1 N–H and O–H groups in total. The fourth-order valence-electron chi connectivity index (χ4n) is 2.10. The summed E-state index contributed by atoms with van der Waals surface area (Å²) in [6.45, 7) is 7.97. The van der Waals surface area contributed by atoms with Crippen LogP contribution in [0.15, 0.2) is 16.7 Å². The summed E-state index contributed by atoms with van der Waals surface area (Å²) in [4.78, 5) is 21.1. The molecular weight excluding hydrogens is 280 g/mol. The van der Waals surface area contributed by atoms with Crippen molar-refractivity contribution in [3.8, 4) is 0 Å². The number of carbonyl (C=O) groups is 1. The topological polar surface area (TPSA) is 80.9 Å². The Morgan fingerprint density at radius 2 is 2.00 bits per heavy atom. The zero-order valence-electron chi connectivity index (χ0n) is 13.3. The Hall–Kier alpha value is -2.24. The Balaban J connectivity index is 1.78. The minimum absolute atomic E-state index is 0.128. The van der Waals surface area contributed by atoms with E-state index in [1.807, 2.05) is 27.7 Å². The number of aryl methyl sites for hydroxylation is 1.